The van der Waals surface area contributed by atoms with Crippen LogP contribution in [0.4, 0.5) is 0 Å². The van der Waals surface area contributed by atoms with Crippen LogP contribution in [0.2, 0.25) is 0 Å². The van der Waals surface area contributed by atoms with Crippen molar-refractivity contribution in [1.29, 1.82) is 0 Å². The van der Waals surface area contributed by atoms with Crippen LogP contribution in [0.15, 0.2) is 30.3 Å². The molecule has 19 heavy (non-hydrogen) atoms. The second-order valence-electron chi connectivity index (χ2n) is 5.27. The number of rotatable bonds is 7. The first-order valence-corrected chi connectivity index (χ1v) is 6.74. The molecule has 0 saturated heterocycles. The second-order valence-corrected chi connectivity index (χ2v) is 5.27. The van der Waals surface area contributed by atoms with Gasteiger partial charge >= 0.3 is 0 Å². The normalized spacial score (nSPS) is 14.6. The monoisotopic (exact) mass is 263 g/mol. The largest absolute Gasteiger partial charge is 0.368 e. The number of carbonyl (C=O) groups is 1. The van der Waals surface area contributed by atoms with Crippen LogP contribution >= 0.6 is 0 Å². The first-order chi connectivity index (χ1) is 8.92. The Bertz CT molecular complexity index is 405. The van der Waals surface area contributed by atoms with Crippen molar-refractivity contribution in [2.75, 3.05) is 20.1 Å². The number of nitrogens with zero attached hydrogens (tertiary/aromatic N) is 1. The van der Waals surface area contributed by atoms with E-state index >= 15 is 0 Å². The van der Waals surface area contributed by atoms with Gasteiger partial charge < -0.3 is 10.6 Å². The molecule has 0 radical (unpaired) electrons. The summed E-state index contributed by atoms with van der Waals surface area (Å²) in [7, 11) is 1.99. The van der Waals surface area contributed by atoms with Crippen molar-refractivity contribution in [3.63, 3.8) is 0 Å². The van der Waals surface area contributed by atoms with Gasteiger partial charge in [-0.2, -0.15) is 0 Å². The highest BCUT2D eigenvalue weighted by molar-refractivity contribution is 5.86. The number of likely N-dealkylation sites (N-methyl/N-ethyl adjacent to an activating group) is 1. The van der Waals surface area contributed by atoms with Gasteiger partial charge in [-0.25, -0.2) is 0 Å². The molecule has 1 aromatic carbocycles. The summed E-state index contributed by atoms with van der Waals surface area (Å²) in [6.45, 7) is 7.52. The van der Waals surface area contributed by atoms with Gasteiger partial charge in [-0.05, 0) is 33.0 Å². The Morgan fingerprint density at radius 2 is 1.95 bits per heavy atom. The van der Waals surface area contributed by atoms with E-state index < -0.39 is 5.54 Å². The fraction of sp³-hybridized carbons (Fsp3) is 0.533. The number of primary amides is 1. The van der Waals surface area contributed by atoms with Crippen LogP contribution in [0, 0.1) is 0 Å². The van der Waals surface area contributed by atoms with E-state index in [1.165, 1.54) is 0 Å². The Hall–Kier alpha value is -1.39. The van der Waals surface area contributed by atoms with E-state index in [-0.39, 0.29) is 11.9 Å². The van der Waals surface area contributed by atoms with Crippen molar-refractivity contribution >= 4 is 5.91 Å². The molecule has 0 bridgehead atoms. The lowest BCUT2D eigenvalue weighted by molar-refractivity contribution is -0.126. The SMILES string of the molecule is CCN(C)CC(NC(C)C)(C(N)=O)c1ccccc1. The molecule has 0 aliphatic carbocycles. The number of carbonyl (C=O) groups excluding carboxylic acids is 1. The highest BCUT2D eigenvalue weighted by Crippen LogP contribution is 2.23. The molecule has 3 N–H and O–H groups in total. The molecule has 1 unspecified atom stereocenters. The molecule has 0 aliphatic heterocycles. The van der Waals surface area contributed by atoms with Gasteiger partial charge in [0.25, 0.3) is 0 Å². The Morgan fingerprint density at radius 1 is 1.37 bits per heavy atom. The summed E-state index contributed by atoms with van der Waals surface area (Å²) < 4.78 is 0. The minimum Gasteiger partial charge on any atom is -0.368 e. The summed E-state index contributed by atoms with van der Waals surface area (Å²) >= 11 is 0. The molecule has 0 saturated carbocycles. The van der Waals surface area contributed by atoms with Crippen molar-refractivity contribution in [3.05, 3.63) is 35.9 Å². The third-order valence-electron chi connectivity index (χ3n) is 3.27. The molecule has 1 amide bonds. The standard InChI is InChI=1S/C15H25N3O/c1-5-18(4)11-15(14(16)19,17-12(2)3)13-9-7-6-8-10-13/h6-10,12,17H,5,11H2,1-4H3,(H2,16,19). The molecule has 4 nitrogen and oxygen atoms in total. The van der Waals surface area contributed by atoms with Crippen LogP contribution < -0.4 is 11.1 Å². The van der Waals surface area contributed by atoms with Gasteiger partial charge in [-0.15, -0.1) is 0 Å². The highest BCUT2D eigenvalue weighted by atomic mass is 16.1. The third kappa shape index (κ3) is 3.78. The highest BCUT2D eigenvalue weighted by Gasteiger charge is 2.39. The lowest BCUT2D eigenvalue weighted by Crippen LogP contribution is -2.60. The summed E-state index contributed by atoms with van der Waals surface area (Å²) in [5.41, 5.74) is 5.79. The number of nitrogens with one attached hydrogen (secondary N) is 1. The van der Waals surface area contributed by atoms with Crippen molar-refractivity contribution in [2.45, 2.75) is 32.4 Å². The lowest BCUT2D eigenvalue weighted by Gasteiger charge is -2.37. The zero-order valence-electron chi connectivity index (χ0n) is 12.3. The number of nitrogens with two attached hydrogens (primary N) is 1. The van der Waals surface area contributed by atoms with E-state index in [0.717, 1.165) is 12.1 Å². The maximum atomic E-state index is 12.1. The zero-order chi connectivity index (χ0) is 14.5. The first kappa shape index (κ1) is 15.7. The summed E-state index contributed by atoms with van der Waals surface area (Å²) in [4.78, 5) is 14.2. The molecular weight excluding hydrogens is 238 g/mol. The average Bonchev–Trinajstić information content (AvgIpc) is 2.37. The molecule has 0 aromatic heterocycles. The summed E-state index contributed by atoms with van der Waals surface area (Å²) in [5.74, 6) is -0.340. The molecule has 0 heterocycles. The number of hydrogen-bond acceptors (Lipinski definition) is 3. The van der Waals surface area contributed by atoms with Crippen LogP contribution in [0.1, 0.15) is 26.3 Å². The Balaban J connectivity index is 3.23. The van der Waals surface area contributed by atoms with E-state index in [1.807, 2.05) is 51.2 Å². The molecular formula is C15H25N3O. The molecule has 0 spiro atoms. The first-order valence-electron chi connectivity index (χ1n) is 6.74. The van der Waals surface area contributed by atoms with Crippen molar-refractivity contribution < 1.29 is 4.79 Å². The van der Waals surface area contributed by atoms with Crippen molar-refractivity contribution in [3.8, 4) is 0 Å². The van der Waals surface area contributed by atoms with E-state index in [9.17, 15) is 4.79 Å². The predicted octanol–water partition coefficient (Wildman–Crippen LogP) is 1.32. The number of benzene rings is 1. The van der Waals surface area contributed by atoms with Crippen LogP contribution in [-0.4, -0.2) is 37.0 Å². The number of amides is 1. The molecule has 1 rings (SSSR count). The van der Waals surface area contributed by atoms with Crippen LogP contribution in [0.3, 0.4) is 0 Å². The fourth-order valence-electron chi connectivity index (χ4n) is 2.24. The van der Waals surface area contributed by atoms with Gasteiger partial charge in [-0.1, -0.05) is 37.3 Å². The molecule has 1 atom stereocenters. The van der Waals surface area contributed by atoms with E-state index in [2.05, 4.69) is 17.1 Å². The van der Waals surface area contributed by atoms with Gasteiger partial charge in [0, 0.05) is 12.6 Å². The second kappa shape index (κ2) is 6.68. The van der Waals surface area contributed by atoms with Crippen LogP contribution in [0.5, 0.6) is 0 Å². The summed E-state index contributed by atoms with van der Waals surface area (Å²) in [6.07, 6.45) is 0. The quantitative estimate of drug-likeness (QED) is 0.780. The molecule has 106 valence electrons. The minimum absolute atomic E-state index is 0.165. The van der Waals surface area contributed by atoms with Crippen molar-refractivity contribution in [2.24, 2.45) is 5.73 Å². The zero-order valence-corrected chi connectivity index (χ0v) is 12.3. The summed E-state index contributed by atoms with van der Waals surface area (Å²) in [5, 5.41) is 3.36. The van der Waals surface area contributed by atoms with Crippen molar-refractivity contribution in [1.82, 2.24) is 10.2 Å². The number of hydrogen-bond donors (Lipinski definition) is 2. The molecule has 4 heteroatoms. The Labute approximate surface area is 116 Å². The molecule has 1 aromatic rings. The Morgan fingerprint density at radius 3 is 2.37 bits per heavy atom. The van der Waals surface area contributed by atoms with Gasteiger partial charge in [0.2, 0.25) is 5.91 Å². The van der Waals surface area contributed by atoms with Gasteiger partial charge in [0.1, 0.15) is 5.54 Å². The lowest BCUT2D eigenvalue weighted by atomic mass is 9.87. The van der Waals surface area contributed by atoms with Gasteiger partial charge in [-0.3, -0.25) is 10.1 Å². The fourth-order valence-corrected chi connectivity index (χ4v) is 2.24. The van der Waals surface area contributed by atoms with Gasteiger partial charge in [0.05, 0.1) is 0 Å². The maximum absolute atomic E-state index is 12.1. The smallest absolute Gasteiger partial charge is 0.243 e. The summed E-state index contributed by atoms with van der Waals surface area (Å²) in [6, 6.07) is 9.86. The molecule has 0 aliphatic rings. The van der Waals surface area contributed by atoms with E-state index in [1.54, 1.807) is 0 Å². The predicted molar refractivity (Wildman–Crippen MR) is 78.8 cm³/mol. The molecule has 0 fully saturated rings. The minimum atomic E-state index is -0.847. The van der Waals surface area contributed by atoms with E-state index in [4.69, 9.17) is 5.73 Å². The van der Waals surface area contributed by atoms with Gasteiger partial charge in [0.15, 0.2) is 0 Å². The Kier molecular flexibility index (Phi) is 5.51. The van der Waals surface area contributed by atoms with E-state index in [0.29, 0.717) is 6.54 Å². The van der Waals surface area contributed by atoms with Crippen LogP contribution in [0.25, 0.3) is 0 Å². The maximum Gasteiger partial charge on any atom is 0.243 e. The third-order valence-corrected chi connectivity index (χ3v) is 3.27. The topological polar surface area (TPSA) is 58.4 Å². The average molecular weight is 263 g/mol. The van der Waals surface area contributed by atoms with Crippen LogP contribution in [-0.2, 0) is 10.3 Å².